The summed E-state index contributed by atoms with van der Waals surface area (Å²) in [7, 11) is 0. The maximum Gasteiger partial charge on any atom is 0.256 e. The summed E-state index contributed by atoms with van der Waals surface area (Å²) in [6, 6.07) is 16.5. The van der Waals surface area contributed by atoms with Crippen LogP contribution in [0.5, 0.6) is 0 Å². The zero-order chi connectivity index (χ0) is 18.7. The molecule has 1 heterocycles. The monoisotopic (exact) mass is 347 g/mol. The smallest absolute Gasteiger partial charge is 0.256 e. The van der Waals surface area contributed by atoms with Crippen molar-refractivity contribution in [2.45, 2.75) is 26.7 Å². The summed E-state index contributed by atoms with van der Waals surface area (Å²) in [6.07, 6.45) is 0. The highest BCUT2D eigenvalue weighted by atomic mass is 16.2. The number of pyridine rings is 1. The third-order valence-electron chi connectivity index (χ3n) is 4.04. The summed E-state index contributed by atoms with van der Waals surface area (Å²) in [5.41, 5.74) is 3.65. The molecule has 0 fully saturated rings. The Morgan fingerprint density at radius 3 is 2.15 bits per heavy atom. The lowest BCUT2D eigenvalue weighted by atomic mass is 10.0. The van der Waals surface area contributed by atoms with Gasteiger partial charge in [0, 0.05) is 29.4 Å². The van der Waals surface area contributed by atoms with Crippen molar-refractivity contribution in [2.24, 2.45) is 0 Å². The molecule has 26 heavy (non-hydrogen) atoms. The highest BCUT2D eigenvalue weighted by Gasteiger charge is 2.14. The number of benzene rings is 2. The Kier molecular flexibility index (Phi) is 4.98. The maximum atomic E-state index is 12.9. The van der Waals surface area contributed by atoms with Crippen molar-refractivity contribution < 1.29 is 9.59 Å². The molecule has 0 atom stereocenters. The molecule has 0 aliphatic heterocycles. The molecule has 2 aromatic carbocycles. The highest BCUT2D eigenvalue weighted by molar-refractivity contribution is 6.12. The van der Waals surface area contributed by atoms with E-state index in [1.54, 1.807) is 24.3 Å². The van der Waals surface area contributed by atoms with Gasteiger partial charge in [-0.15, -0.1) is 0 Å². The van der Waals surface area contributed by atoms with Gasteiger partial charge in [0.25, 0.3) is 5.91 Å². The van der Waals surface area contributed by atoms with Gasteiger partial charge in [0.05, 0.1) is 11.1 Å². The Hall–Kier alpha value is -3.21. The average Bonchev–Trinajstić information content (AvgIpc) is 2.61. The van der Waals surface area contributed by atoms with E-state index >= 15 is 0 Å². The molecule has 3 rings (SSSR count). The van der Waals surface area contributed by atoms with Crippen molar-refractivity contribution in [3.63, 3.8) is 0 Å². The van der Waals surface area contributed by atoms with E-state index in [0.717, 1.165) is 16.6 Å². The van der Waals surface area contributed by atoms with E-state index in [1.165, 1.54) is 6.92 Å². The van der Waals surface area contributed by atoms with Crippen LogP contribution >= 0.6 is 0 Å². The maximum absolute atomic E-state index is 12.9. The molecule has 0 spiro atoms. The molecule has 2 amide bonds. The second-order valence-electron chi connectivity index (χ2n) is 6.48. The molecule has 0 saturated heterocycles. The van der Waals surface area contributed by atoms with Gasteiger partial charge in [0.2, 0.25) is 5.91 Å². The first-order valence-corrected chi connectivity index (χ1v) is 8.52. The minimum Gasteiger partial charge on any atom is -0.326 e. The molecule has 2 N–H and O–H groups in total. The molecule has 0 saturated carbocycles. The third-order valence-corrected chi connectivity index (χ3v) is 4.04. The largest absolute Gasteiger partial charge is 0.326 e. The molecule has 0 aliphatic rings. The third kappa shape index (κ3) is 3.88. The molecule has 132 valence electrons. The predicted molar refractivity (Wildman–Crippen MR) is 105 cm³/mol. The number of hydrogen-bond acceptors (Lipinski definition) is 3. The van der Waals surface area contributed by atoms with Gasteiger partial charge < -0.3 is 10.6 Å². The first kappa shape index (κ1) is 17.6. The van der Waals surface area contributed by atoms with Crippen molar-refractivity contribution >= 4 is 34.1 Å². The summed E-state index contributed by atoms with van der Waals surface area (Å²) in [4.78, 5) is 28.6. The number of hydrogen-bond donors (Lipinski definition) is 2. The lowest BCUT2D eigenvalue weighted by Crippen LogP contribution is -2.14. The molecule has 0 radical (unpaired) electrons. The topological polar surface area (TPSA) is 71.1 Å². The van der Waals surface area contributed by atoms with E-state index in [2.05, 4.69) is 29.5 Å². The van der Waals surface area contributed by atoms with Crippen LogP contribution in [0.3, 0.4) is 0 Å². The van der Waals surface area contributed by atoms with Gasteiger partial charge in [-0.1, -0.05) is 32.0 Å². The highest BCUT2D eigenvalue weighted by Crippen LogP contribution is 2.23. The number of carbonyl (C=O) groups excluding carboxylic acids is 2. The van der Waals surface area contributed by atoms with Gasteiger partial charge in [-0.05, 0) is 42.3 Å². The number of nitrogens with one attached hydrogen (secondary N) is 2. The van der Waals surface area contributed by atoms with Crippen LogP contribution in [-0.2, 0) is 4.79 Å². The fourth-order valence-corrected chi connectivity index (χ4v) is 2.72. The van der Waals surface area contributed by atoms with E-state index in [9.17, 15) is 9.59 Å². The fourth-order valence-electron chi connectivity index (χ4n) is 2.72. The summed E-state index contributed by atoms with van der Waals surface area (Å²) >= 11 is 0. The van der Waals surface area contributed by atoms with E-state index in [0.29, 0.717) is 16.9 Å². The van der Waals surface area contributed by atoms with Crippen molar-refractivity contribution in [1.82, 2.24) is 4.98 Å². The van der Waals surface area contributed by atoms with E-state index < -0.39 is 0 Å². The minimum absolute atomic E-state index is 0.133. The molecule has 0 bridgehead atoms. The summed E-state index contributed by atoms with van der Waals surface area (Å²) in [5, 5.41) is 6.44. The Morgan fingerprint density at radius 2 is 1.54 bits per heavy atom. The van der Waals surface area contributed by atoms with Crippen LogP contribution in [0.25, 0.3) is 10.9 Å². The van der Waals surface area contributed by atoms with Crippen LogP contribution in [0, 0.1) is 0 Å². The molecule has 0 aliphatic carbocycles. The SMILES string of the molecule is CC(=O)Nc1ccc(NC(=O)c2cc(C(C)C)nc3ccccc23)cc1. The molecule has 3 aromatic rings. The zero-order valence-corrected chi connectivity index (χ0v) is 15.0. The van der Waals surface area contributed by atoms with Gasteiger partial charge in [0.1, 0.15) is 0 Å². The van der Waals surface area contributed by atoms with E-state index in [4.69, 9.17) is 0 Å². The Balaban J connectivity index is 1.91. The van der Waals surface area contributed by atoms with Crippen LogP contribution < -0.4 is 10.6 Å². The molecular weight excluding hydrogens is 326 g/mol. The van der Waals surface area contributed by atoms with Crippen LogP contribution in [0.4, 0.5) is 11.4 Å². The van der Waals surface area contributed by atoms with Crippen LogP contribution in [-0.4, -0.2) is 16.8 Å². The summed E-state index contributed by atoms with van der Waals surface area (Å²) < 4.78 is 0. The number of rotatable bonds is 4. The predicted octanol–water partition coefficient (Wildman–Crippen LogP) is 4.57. The zero-order valence-electron chi connectivity index (χ0n) is 15.0. The van der Waals surface area contributed by atoms with Crippen LogP contribution in [0.2, 0.25) is 0 Å². The first-order valence-electron chi connectivity index (χ1n) is 8.52. The molecular formula is C21H21N3O2. The first-order chi connectivity index (χ1) is 12.4. The normalized spacial score (nSPS) is 10.8. The second kappa shape index (κ2) is 7.35. The number of nitrogens with zero attached hydrogens (tertiary/aromatic N) is 1. The molecule has 0 unspecified atom stereocenters. The van der Waals surface area contributed by atoms with E-state index in [-0.39, 0.29) is 17.7 Å². The number of para-hydroxylation sites is 1. The van der Waals surface area contributed by atoms with Crippen molar-refractivity contribution in [1.29, 1.82) is 0 Å². The van der Waals surface area contributed by atoms with Gasteiger partial charge in [0.15, 0.2) is 0 Å². The van der Waals surface area contributed by atoms with E-state index in [1.807, 2.05) is 30.3 Å². The quantitative estimate of drug-likeness (QED) is 0.726. The number of carbonyl (C=O) groups is 2. The summed E-state index contributed by atoms with van der Waals surface area (Å²) in [5.74, 6) is -0.0906. The van der Waals surface area contributed by atoms with Crippen molar-refractivity contribution in [3.8, 4) is 0 Å². The molecule has 5 heteroatoms. The fraction of sp³-hybridized carbons (Fsp3) is 0.190. The standard InChI is InChI=1S/C21H21N3O2/c1-13(2)20-12-18(17-6-4-5-7-19(17)24-20)21(26)23-16-10-8-15(9-11-16)22-14(3)25/h4-13H,1-3H3,(H,22,25)(H,23,26). The Morgan fingerprint density at radius 1 is 0.923 bits per heavy atom. The van der Waals surface area contributed by atoms with Crippen LogP contribution in [0.15, 0.2) is 54.6 Å². The van der Waals surface area contributed by atoms with Gasteiger partial charge in [-0.3, -0.25) is 14.6 Å². The summed E-state index contributed by atoms with van der Waals surface area (Å²) in [6.45, 7) is 5.57. The number of aromatic nitrogens is 1. The van der Waals surface area contributed by atoms with Crippen molar-refractivity contribution in [2.75, 3.05) is 10.6 Å². The van der Waals surface area contributed by atoms with Gasteiger partial charge in [-0.25, -0.2) is 0 Å². The lowest BCUT2D eigenvalue weighted by Gasteiger charge is -2.12. The minimum atomic E-state index is -0.183. The van der Waals surface area contributed by atoms with Gasteiger partial charge in [-0.2, -0.15) is 0 Å². The average molecular weight is 347 g/mol. The van der Waals surface area contributed by atoms with Crippen LogP contribution in [0.1, 0.15) is 42.7 Å². The van der Waals surface area contributed by atoms with Crippen molar-refractivity contribution in [3.05, 3.63) is 65.9 Å². The number of amides is 2. The molecule has 1 aromatic heterocycles. The number of anilines is 2. The Bertz CT molecular complexity index is 963. The number of fused-ring (bicyclic) bond motifs is 1. The second-order valence-corrected chi connectivity index (χ2v) is 6.48. The Labute approximate surface area is 152 Å². The molecule has 5 nitrogen and oxygen atoms in total. The van der Waals surface area contributed by atoms with Gasteiger partial charge >= 0.3 is 0 Å². The lowest BCUT2D eigenvalue weighted by molar-refractivity contribution is -0.114.